The Morgan fingerprint density at radius 3 is 2.27 bits per heavy atom. The van der Waals surface area contributed by atoms with Gasteiger partial charge in [0.2, 0.25) is 0 Å². The molecule has 2 rings (SSSR count). The molecule has 1 aromatic rings. The van der Waals surface area contributed by atoms with Crippen molar-refractivity contribution < 1.29 is 10.2 Å². The van der Waals surface area contributed by atoms with Gasteiger partial charge in [0.05, 0.1) is 0 Å². The van der Waals surface area contributed by atoms with Crippen molar-refractivity contribution in [3.05, 3.63) is 23.8 Å². The number of hydrogen-bond acceptors (Lipinski definition) is 3. The van der Waals surface area contributed by atoms with Crippen LogP contribution in [0.15, 0.2) is 18.2 Å². The number of phenols is 2. The Labute approximate surface area is 89.8 Å². The highest BCUT2D eigenvalue weighted by atomic mass is 16.3. The predicted octanol–water partition coefficient (Wildman–Crippen LogP) is 2.30. The van der Waals surface area contributed by atoms with Gasteiger partial charge in [0.1, 0.15) is 11.5 Å². The van der Waals surface area contributed by atoms with Gasteiger partial charge in [-0.1, -0.05) is 6.42 Å². The van der Waals surface area contributed by atoms with Crippen LogP contribution in [0.25, 0.3) is 0 Å². The van der Waals surface area contributed by atoms with Crippen LogP contribution in [0.5, 0.6) is 11.5 Å². The molecule has 3 N–H and O–H groups in total. The highest BCUT2D eigenvalue weighted by Gasteiger charge is 2.19. The predicted molar refractivity (Wildman–Crippen MR) is 59.0 cm³/mol. The first kappa shape index (κ1) is 10.3. The molecule has 0 spiro atoms. The van der Waals surface area contributed by atoms with Gasteiger partial charge in [-0.2, -0.15) is 0 Å². The zero-order valence-corrected chi connectivity index (χ0v) is 8.90. The van der Waals surface area contributed by atoms with Crippen molar-refractivity contribution in [3.8, 4) is 11.5 Å². The standard InChI is InChI=1S/C12H17NO2/c1-8(13-10-3-2-4-10)9-5-11(14)7-12(15)6-9/h5-8,10,13-15H,2-4H2,1H3. The largest absolute Gasteiger partial charge is 0.508 e. The second kappa shape index (κ2) is 4.11. The number of aromatic hydroxyl groups is 2. The molecule has 1 aliphatic rings. The minimum absolute atomic E-state index is 0.118. The molecule has 0 bridgehead atoms. The van der Waals surface area contributed by atoms with Crippen LogP contribution in [-0.2, 0) is 0 Å². The molecule has 1 fully saturated rings. The molecule has 0 heterocycles. The van der Waals surface area contributed by atoms with Gasteiger partial charge in [-0.15, -0.1) is 0 Å². The van der Waals surface area contributed by atoms with Gasteiger partial charge in [-0.3, -0.25) is 0 Å². The normalized spacial score (nSPS) is 18.5. The molecule has 1 aliphatic carbocycles. The minimum atomic E-state index is 0.118. The molecule has 1 saturated carbocycles. The molecule has 82 valence electrons. The van der Waals surface area contributed by atoms with Gasteiger partial charge in [0.15, 0.2) is 0 Å². The summed E-state index contributed by atoms with van der Waals surface area (Å²) in [6.07, 6.45) is 3.76. The highest BCUT2D eigenvalue weighted by molar-refractivity contribution is 5.37. The second-order valence-electron chi connectivity index (χ2n) is 4.30. The van der Waals surface area contributed by atoms with Crippen molar-refractivity contribution >= 4 is 0 Å². The van der Waals surface area contributed by atoms with E-state index >= 15 is 0 Å². The van der Waals surface area contributed by atoms with Crippen molar-refractivity contribution in [2.24, 2.45) is 0 Å². The summed E-state index contributed by atoms with van der Waals surface area (Å²) in [4.78, 5) is 0. The van der Waals surface area contributed by atoms with Crippen molar-refractivity contribution in [2.45, 2.75) is 38.3 Å². The number of nitrogens with one attached hydrogen (secondary N) is 1. The molecule has 3 nitrogen and oxygen atoms in total. The third-order valence-electron chi connectivity index (χ3n) is 3.02. The third kappa shape index (κ3) is 2.42. The monoisotopic (exact) mass is 207 g/mol. The second-order valence-corrected chi connectivity index (χ2v) is 4.30. The number of hydrogen-bond donors (Lipinski definition) is 3. The summed E-state index contributed by atoms with van der Waals surface area (Å²) >= 11 is 0. The van der Waals surface area contributed by atoms with E-state index in [1.807, 2.05) is 6.92 Å². The lowest BCUT2D eigenvalue weighted by Gasteiger charge is -2.30. The Morgan fingerprint density at radius 2 is 1.80 bits per heavy atom. The molecule has 1 atom stereocenters. The molecule has 1 aromatic carbocycles. The molecule has 0 radical (unpaired) electrons. The van der Waals surface area contributed by atoms with E-state index in [0.29, 0.717) is 6.04 Å². The van der Waals surface area contributed by atoms with Gasteiger partial charge in [0.25, 0.3) is 0 Å². The van der Waals surface area contributed by atoms with Crippen LogP contribution >= 0.6 is 0 Å². The minimum Gasteiger partial charge on any atom is -0.508 e. The SMILES string of the molecule is CC(NC1CCC1)c1cc(O)cc(O)c1. The lowest BCUT2D eigenvalue weighted by atomic mass is 9.92. The van der Waals surface area contributed by atoms with Crippen molar-refractivity contribution in [3.63, 3.8) is 0 Å². The summed E-state index contributed by atoms with van der Waals surface area (Å²) in [5.74, 6) is 0.236. The van der Waals surface area contributed by atoms with Crippen LogP contribution in [0.2, 0.25) is 0 Å². The van der Waals surface area contributed by atoms with E-state index in [1.54, 1.807) is 12.1 Å². The van der Waals surface area contributed by atoms with Crippen molar-refractivity contribution in [1.82, 2.24) is 5.32 Å². The first-order chi connectivity index (χ1) is 7.15. The smallest absolute Gasteiger partial charge is 0.119 e. The molecule has 0 saturated heterocycles. The van der Waals surface area contributed by atoms with E-state index in [9.17, 15) is 10.2 Å². The Morgan fingerprint density at radius 1 is 1.20 bits per heavy atom. The lowest BCUT2D eigenvalue weighted by molar-refractivity contribution is 0.312. The summed E-state index contributed by atoms with van der Waals surface area (Å²) in [5.41, 5.74) is 0.930. The maximum absolute atomic E-state index is 9.36. The fraction of sp³-hybridized carbons (Fsp3) is 0.500. The van der Waals surface area contributed by atoms with E-state index < -0.39 is 0 Å². The summed E-state index contributed by atoms with van der Waals surface area (Å²) < 4.78 is 0. The Bertz CT molecular complexity index is 327. The molecule has 0 aromatic heterocycles. The molecule has 1 unspecified atom stereocenters. The fourth-order valence-corrected chi connectivity index (χ4v) is 1.89. The van der Waals surface area contributed by atoms with E-state index in [4.69, 9.17) is 0 Å². The lowest BCUT2D eigenvalue weighted by Crippen LogP contribution is -2.36. The first-order valence-corrected chi connectivity index (χ1v) is 5.44. The van der Waals surface area contributed by atoms with E-state index in [-0.39, 0.29) is 17.5 Å². The topological polar surface area (TPSA) is 52.5 Å². The van der Waals surface area contributed by atoms with Crippen LogP contribution in [0.4, 0.5) is 0 Å². The van der Waals surface area contributed by atoms with Gasteiger partial charge in [-0.05, 0) is 37.5 Å². The van der Waals surface area contributed by atoms with Crippen molar-refractivity contribution in [1.29, 1.82) is 0 Å². The molecular weight excluding hydrogens is 190 g/mol. The number of phenolic OH excluding ortho intramolecular Hbond substituents is 2. The maximum Gasteiger partial charge on any atom is 0.119 e. The van der Waals surface area contributed by atoms with Gasteiger partial charge >= 0.3 is 0 Å². The first-order valence-electron chi connectivity index (χ1n) is 5.44. The summed E-state index contributed by atoms with van der Waals surface area (Å²) in [6, 6.07) is 5.50. The molecule has 3 heteroatoms. The van der Waals surface area contributed by atoms with Crippen LogP contribution in [0, 0.1) is 0 Å². The molecular formula is C12H17NO2. The van der Waals surface area contributed by atoms with E-state index in [0.717, 1.165) is 5.56 Å². The molecule has 0 amide bonds. The van der Waals surface area contributed by atoms with Gasteiger partial charge in [-0.25, -0.2) is 0 Å². The summed E-state index contributed by atoms with van der Waals surface area (Å²) in [6.45, 7) is 2.05. The molecule has 0 aliphatic heterocycles. The highest BCUT2D eigenvalue weighted by Crippen LogP contribution is 2.27. The average Bonchev–Trinajstić information content (AvgIpc) is 2.09. The number of rotatable bonds is 3. The van der Waals surface area contributed by atoms with Crippen LogP contribution in [0.3, 0.4) is 0 Å². The molecule has 15 heavy (non-hydrogen) atoms. The Hall–Kier alpha value is -1.22. The van der Waals surface area contributed by atoms with Gasteiger partial charge in [0, 0.05) is 18.2 Å². The zero-order valence-electron chi connectivity index (χ0n) is 8.90. The third-order valence-corrected chi connectivity index (χ3v) is 3.02. The van der Waals surface area contributed by atoms with E-state index in [2.05, 4.69) is 5.32 Å². The average molecular weight is 207 g/mol. The van der Waals surface area contributed by atoms with E-state index in [1.165, 1.54) is 25.3 Å². The van der Waals surface area contributed by atoms with Crippen molar-refractivity contribution in [2.75, 3.05) is 0 Å². The maximum atomic E-state index is 9.36. The number of benzene rings is 1. The Kier molecular flexibility index (Phi) is 2.82. The van der Waals surface area contributed by atoms with Crippen LogP contribution < -0.4 is 5.32 Å². The quantitative estimate of drug-likeness (QED) is 0.712. The van der Waals surface area contributed by atoms with Crippen LogP contribution in [-0.4, -0.2) is 16.3 Å². The Balaban J connectivity index is 2.06. The zero-order chi connectivity index (χ0) is 10.8. The van der Waals surface area contributed by atoms with Gasteiger partial charge < -0.3 is 15.5 Å². The summed E-state index contributed by atoms with van der Waals surface area (Å²) in [7, 11) is 0. The van der Waals surface area contributed by atoms with Crippen LogP contribution in [0.1, 0.15) is 37.8 Å². The fourth-order valence-electron chi connectivity index (χ4n) is 1.89. The summed E-state index contributed by atoms with van der Waals surface area (Å²) in [5, 5.41) is 22.2.